The Hall–Kier alpha value is -1.57. The van der Waals surface area contributed by atoms with Crippen molar-refractivity contribution in [1.29, 1.82) is 0 Å². The van der Waals surface area contributed by atoms with Gasteiger partial charge in [0, 0.05) is 5.56 Å². The minimum absolute atomic E-state index is 0.164. The summed E-state index contributed by atoms with van der Waals surface area (Å²) in [6, 6.07) is 7.52. The Kier molecular flexibility index (Phi) is 4.57. The summed E-state index contributed by atoms with van der Waals surface area (Å²) >= 11 is 0. The molecule has 2 nitrogen and oxygen atoms in total. The maximum Gasteiger partial charge on any atom is 0.188 e. The first kappa shape index (κ1) is 12.9. The average molecular weight is 244 g/mol. The second-order valence-electron chi connectivity index (χ2n) is 4.68. The quantitative estimate of drug-likeness (QED) is 0.727. The van der Waals surface area contributed by atoms with Gasteiger partial charge in [-0.2, -0.15) is 0 Å². The number of carbonyl (C=O) groups is 1. The van der Waals surface area contributed by atoms with Crippen molar-refractivity contribution in [3.05, 3.63) is 41.5 Å². The molecule has 0 bridgehead atoms. The van der Waals surface area contributed by atoms with Gasteiger partial charge in [-0.1, -0.05) is 25.1 Å². The number of ether oxygens (including phenoxy) is 1. The number of hydrogen-bond acceptors (Lipinski definition) is 2. The van der Waals surface area contributed by atoms with E-state index in [9.17, 15) is 4.79 Å². The third-order valence-corrected chi connectivity index (χ3v) is 3.15. The van der Waals surface area contributed by atoms with Crippen LogP contribution < -0.4 is 4.74 Å². The zero-order valence-corrected chi connectivity index (χ0v) is 10.9. The molecule has 0 aliphatic heterocycles. The molecule has 0 heterocycles. The number of allylic oxidation sites excluding steroid dienone is 2. The van der Waals surface area contributed by atoms with Crippen LogP contribution in [0, 0.1) is 0 Å². The van der Waals surface area contributed by atoms with Gasteiger partial charge >= 0.3 is 0 Å². The molecule has 96 valence electrons. The first-order valence-electron chi connectivity index (χ1n) is 6.78. The monoisotopic (exact) mass is 244 g/mol. The zero-order chi connectivity index (χ0) is 12.8. The number of benzene rings is 1. The number of hydrogen-bond donors (Lipinski definition) is 0. The molecule has 0 N–H and O–H groups in total. The Morgan fingerprint density at radius 2 is 2.22 bits per heavy atom. The summed E-state index contributed by atoms with van der Waals surface area (Å²) < 4.78 is 5.56. The topological polar surface area (TPSA) is 26.3 Å². The van der Waals surface area contributed by atoms with Crippen LogP contribution in [0.15, 0.2) is 35.9 Å². The van der Waals surface area contributed by atoms with Crippen LogP contribution >= 0.6 is 0 Å². The molecular formula is C16H20O2. The average Bonchev–Trinajstić information content (AvgIpc) is 2.45. The van der Waals surface area contributed by atoms with Gasteiger partial charge in [-0.3, -0.25) is 4.79 Å². The highest BCUT2D eigenvalue weighted by atomic mass is 16.5. The van der Waals surface area contributed by atoms with Crippen LogP contribution in [0.5, 0.6) is 5.75 Å². The third-order valence-electron chi connectivity index (χ3n) is 3.15. The molecule has 0 unspecified atom stereocenters. The minimum Gasteiger partial charge on any atom is -0.494 e. The van der Waals surface area contributed by atoms with E-state index >= 15 is 0 Å². The molecule has 1 aliphatic rings. The highest BCUT2D eigenvalue weighted by molar-refractivity contribution is 6.08. The molecule has 0 spiro atoms. The standard InChI is InChI=1S/C16H20O2/c1-2-11-18-15-10-6-9-14(12-15)16(17)13-7-4-3-5-8-13/h6-7,9-10,12H,2-5,8,11H2,1H3. The lowest BCUT2D eigenvalue weighted by molar-refractivity contribution is 0.102. The van der Waals surface area contributed by atoms with Crippen molar-refractivity contribution in [1.82, 2.24) is 0 Å². The van der Waals surface area contributed by atoms with E-state index in [0.29, 0.717) is 6.61 Å². The van der Waals surface area contributed by atoms with Crippen LogP contribution in [-0.4, -0.2) is 12.4 Å². The maximum atomic E-state index is 12.3. The van der Waals surface area contributed by atoms with Crippen molar-refractivity contribution in [2.24, 2.45) is 0 Å². The molecule has 2 rings (SSSR count). The van der Waals surface area contributed by atoms with Crippen molar-refractivity contribution in [3.8, 4) is 5.75 Å². The van der Waals surface area contributed by atoms with E-state index in [0.717, 1.165) is 42.6 Å². The first-order valence-corrected chi connectivity index (χ1v) is 6.78. The Morgan fingerprint density at radius 3 is 2.94 bits per heavy atom. The van der Waals surface area contributed by atoms with E-state index in [4.69, 9.17) is 4.74 Å². The third kappa shape index (κ3) is 3.22. The van der Waals surface area contributed by atoms with Gasteiger partial charge in [0.1, 0.15) is 5.75 Å². The molecular weight excluding hydrogens is 224 g/mol. The van der Waals surface area contributed by atoms with Gasteiger partial charge in [0.25, 0.3) is 0 Å². The molecule has 0 saturated heterocycles. The fourth-order valence-electron chi connectivity index (χ4n) is 2.18. The lowest BCUT2D eigenvalue weighted by Crippen LogP contribution is -2.06. The summed E-state index contributed by atoms with van der Waals surface area (Å²) in [5.74, 6) is 0.954. The fourth-order valence-corrected chi connectivity index (χ4v) is 2.18. The second-order valence-corrected chi connectivity index (χ2v) is 4.68. The van der Waals surface area contributed by atoms with Crippen molar-refractivity contribution in [2.45, 2.75) is 39.0 Å². The van der Waals surface area contributed by atoms with Gasteiger partial charge in [-0.15, -0.1) is 0 Å². The lowest BCUT2D eigenvalue weighted by Gasteiger charge is -2.12. The van der Waals surface area contributed by atoms with E-state index in [1.165, 1.54) is 6.42 Å². The van der Waals surface area contributed by atoms with E-state index < -0.39 is 0 Å². The van der Waals surface area contributed by atoms with E-state index in [1.807, 2.05) is 24.3 Å². The molecule has 18 heavy (non-hydrogen) atoms. The van der Waals surface area contributed by atoms with Crippen LogP contribution in [0.25, 0.3) is 0 Å². The molecule has 1 aliphatic carbocycles. The summed E-state index contributed by atoms with van der Waals surface area (Å²) in [6.07, 6.45) is 7.35. The van der Waals surface area contributed by atoms with Gasteiger partial charge in [0.05, 0.1) is 6.61 Å². The number of ketones is 1. The second kappa shape index (κ2) is 6.39. The predicted molar refractivity (Wildman–Crippen MR) is 73.1 cm³/mol. The number of rotatable bonds is 5. The summed E-state index contributed by atoms with van der Waals surface area (Å²) in [7, 11) is 0. The van der Waals surface area contributed by atoms with Crippen LogP contribution in [0.3, 0.4) is 0 Å². The number of Topliss-reactive ketones (excluding diaryl/α,β-unsaturated/α-hetero) is 1. The zero-order valence-electron chi connectivity index (χ0n) is 10.9. The van der Waals surface area contributed by atoms with Crippen molar-refractivity contribution in [2.75, 3.05) is 6.61 Å². The summed E-state index contributed by atoms with van der Waals surface area (Å²) in [6.45, 7) is 2.77. The molecule has 0 radical (unpaired) electrons. The van der Waals surface area contributed by atoms with Crippen molar-refractivity contribution < 1.29 is 9.53 Å². The van der Waals surface area contributed by atoms with E-state index in [2.05, 4.69) is 13.0 Å². The van der Waals surface area contributed by atoms with Gasteiger partial charge in [0.15, 0.2) is 5.78 Å². The van der Waals surface area contributed by atoms with Crippen LogP contribution in [0.1, 0.15) is 49.4 Å². The lowest BCUT2D eigenvalue weighted by atomic mass is 9.93. The smallest absolute Gasteiger partial charge is 0.188 e. The molecule has 1 aromatic rings. The van der Waals surface area contributed by atoms with Gasteiger partial charge in [-0.25, -0.2) is 0 Å². The maximum absolute atomic E-state index is 12.3. The van der Waals surface area contributed by atoms with Crippen LogP contribution in [0.2, 0.25) is 0 Å². The number of carbonyl (C=O) groups excluding carboxylic acids is 1. The summed E-state index contributed by atoms with van der Waals surface area (Å²) in [4.78, 5) is 12.3. The molecule has 0 saturated carbocycles. The van der Waals surface area contributed by atoms with Crippen LogP contribution in [0.4, 0.5) is 0 Å². The molecule has 1 aromatic carbocycles. The predicted octanol–water partition coefficient (Wildman–Crippen LogP) is 4.16. The Balaban J connectivity index is 2.12. The normalized spacial score (nSPS) is 15.1. The molecule has 0 fully saturated rings. The first-order chi connectivity index (χ1) is 8.81. The Morgan fingerprint density at radius 1 is 1.33 bits per heavy atom. The Labute approximate surface area is 109 Å². The minimum atomic E-state index is 0.164. The Bertz CT molecular complexity index is 446. The highest BCUT2D eigenvalue weighted by Gasteiger charge is 2.14. The molecule has 2 heteroatoms. The molecule has 0 aromatic heterocycles. The summed E-state index contributed by atoms with van der Waals surface area (Å²) in [5, 5.41) is 0. The van der Waals surface area contributed by atoms with Gasteiger partial charge in [-0.05, 0) is 49.8 Å². The van der Waals surface area contributed by atoms with Crippen molar-refractivity contribution >= 4 is 5.78 Å². The van der Waals surface area contributed by atoms with Gasteiger partial charge in [0.2, 0.25) is 0 Å². The van der Waals surface area contributed by atoms with Crippen molar-refractivity contribution in [3.63, 3.8) is 0 Å². The van der Waals surface area contributed by atoms with E-state index in [-0.39, 0.29) is 5.78 Å². The highest BCUT2D eigenvalue weighted by Crippen LogP contribution is 2.23. The van der Waals surface area contributed by atoms with E-state index in [1.54, 1.807) is 0 Å². The SMILES string of the molecule is CCCOc1cccc(C(=O)C2=CCCCC2)c1. The fraction of sp³-hybridized carbons (Fsp3) is 0.438. The van der Waals surface area contributed by atoms with Gasteiger partial charge < -0.3 is 4.74 Å². The summed E-state index contributed by atoms with van der Waals surface area (Å²) in [5.41, 5.74) is 1.71. The van der Waals surface area contributed by atoms with Crippen LogP contribution in [-0.2, 0) is 0 Å². The largest absolute Gasteiger partial charge is 0.494 e. The molecule has 0 atom stereocenters. The molecule has 0 amide bonds.